The number of ether oxygens (including phenoxy) is 1. The largest absolute Gasteiger partial charge is 0.379 e. The van der Waals surface area contributed by atoms with Gasteiger partial charge in [-0.25, -0.2) is 16.8 Å². The van der Waals surface area contributed by atoms with Crippen molar-refractivity contribution in [2.24, 2.45) is 0 Å². The van der Waals surface area contributed by atoms with Gasteiger partial charge in [0, 0.05) is 23.8 Å². The SMILES string of the molecule is O=C(CN(c1ccc(Cl)cc1Cl)S(=O)(=O)c1ccccc1)Nc1ccc(S(=O)(=O)N2CCOCC2)cc1. The summed E-state index contributed by atoms with van der Waals surface area (Å²) in [7, 11) is -7.86. The van der Waals surface area contributed by atoms with Crippen molar-refractivity contribution < 1.29 is 26.4 Å². The van der Waals surface area contributed by atoms with Gasteiger partial charge in [0.25, 0.3) is 10.0 Å². The first-order valence-electron chi connectivity index (χ1n) is 11.1. The number of hydrogen-bond donors (Lipinski definition) is 1. The average molecular weight is 585 g/mol. The number of hydrogen-bond acceptors (Lipinski definition) is 6. The van der Waals surface area contributed by atoms with Gasteiger partial charge in [-0.05, 0) is 54.6 Å². The van der Waals surface area contributed by atoms with E-state index in [0.29, 0.717) is 23.9 Å². The summed E-state index contributed by atoms with van der Waals surface area (Å²) >= 11 is 12.3. The molecule has 196 valence electrons. The van der Waals surface area contributed by atoms with Crippen LogP contribution in [0.3, 0.4) is 0 Å². The molecule has 1 N–H and O–H groups in total. The highest BCUT2D eigenvalue weighted by Crippen LogP contribution is 2.32. The van der Waals surface area contributed by atoms with E-state index in [2.05, 4.69) is 5.32 Å². The maximum Gasteiger partial charge on any atom is 0.264 e. The van der Waals surface area contributed by atoms with Gasteiger partial charge in [-0.15, -0.1) is 0 Å². The molecule has 0 aromatic heterocycles. The van der Waals surface area contributed by atoms with Gasteiger partial charge in [-0.1, -0.05) is 41.4 Å². The molecule has 0 aliphatic carbocycles. The highest BCUT2D eigenvalue weighted by atomic mass is 35.5. The van der Waals surface area contributed by atoms with E-state index >= 15 is 0 Å². The molecular formula is C24H23Cl2N3O6S2. The van der Waals surface area contributed by atoms with Crippen molar-refractivity contribution >= 4 is 60.5 Å². The molecule has 0 unspecified atom stereocenters. The van der Waals surface area contributed by atoms with E-state index in [1.165, 1.54) is 58.9 Å². The molecule has 0 atom stereocenters. The van der Waals surface area contributed by atoms with Crippen molar-refractivity contribution in [1.29, 1.82) is 0 Å². The molecule has 1 saturated heterocycles. The number of carbonyl (C=O) groups excluding carboxylic acids is 1. The normalized spacial score (nSPS) is 14.8. The first-order valence-corrected chi connectivity index (χ1v) is 14.7. The second-order valence-electron chi connectivity index (χ2n) is 8.01. The Bertz CT molecular complexity index is 1480. The Morgan fingerprint density at radius 1 is 0.892 bits per heavy atom. The quantitative estimate of drug-likeness (QED) is 0.431. The molecular weight excluding hydrogens is 561 g/mol. The number of carbonyl (C=O) groups is 1. The summed E-state index contributed by atoms with van der Waals surface area (Å²) in [6.07, 6.45) is 0. The Labute approximate surface area is 225 Å². The van der Waals surface area contributed by atoms with Crippen LogP contribution in [0.25, 0.3) is 0 Å². The molecule has 13 heteroatoms. The van der Waals surface area contributed by atoms with Crippen molar-refractivity contribution in [3.05, 3.63) is 82.8 Å². The number of benzene rings is 3. The number of nitrogens with one attached hydrogen (secondary N) is 1. The van der Waals surface area contributed by atoms with E-state index in [9.17, 15) is 21.6 Å². The third kappa shape index (κ3) is 6.25. The van der Waals surface area contributed by atoms with Crippen LogP contribution in [0, 0.1) is 0 Å². The van der Waals surface area contributed by atoms with Crippen molar-refractivity contribution in [3.8, 4) is 0 Å². The minimum absolute atomic E-state index is 0.0218. The number of amides is 1. The van der Waals surface area contributed by atoms with Crippen LogP contribution in [0.5, 0.6) is 0 Å². The van der Waals surface area contributed by atoms with Crippen LogP contribution in [0.1, 0.15) is 0 Å². The molecule has 3 aromatic rings. The summed E-state index contributed by atoms with van der Waals surface area (Å²) in [4.78, 5) is 13.0. The van der Waals surface area contributed by atoms with Crippen LogP contribution in [-0.4, -0.2) is 59.9 Å². The number of sulfonamides is 2. The Hall–Kier alpha value is -2.67. The fourth-order valence-corrected chi connectivity index (χ4v) is 7.11. The Balaban J connectivity index is 1.56. The second kappa shape index (κ2) is 11.4. The van der Waals surface area contributed by atoms with Crippen LogP contribution in [0.4, 0.5) is 11.4 Å². The maximum absolute atomic E-state index is 13.4. The first kappa shape index (κ1) is 27.4. The van der Waals surface area contributed by atoms with Crippen LogP contribution in [-0.2, 0) is 29.6 Å². The lowest BCUT2D eigenvalue weighted by Crippen LogP contribution is -2.40. The van der Waals surface area contributed by atoms with Crippen molar-refractivity contribution in [2.45, 2.75) is 9.79 Å². The Morgan fingerprint density at radius 2 is 1.54 bits per heavy atom. The second-order valence-corrected chi connectivity index (χ2v) is 12.7. The summed E-state index contributed by atoms with van der Waals surface area (Å²) < 4.78 is 59.9. The van der Waals surface area contributed by atoms with Gasteiger partial charge in [-0.3, -0.25) is 9.10 Å². The highest BCUT2D eigenvalue weighted by Gasteiger charge is 2.29. The summed E-state index contributed by atoms with van der Waals surface area (Å²) in [6.45, 7) is 0.590. The molecule has 1 amide bonds. The van der Waals surface area contributed by atoms with Gasteiger partial charge in [0.15, 0.2) is 0 Å². The molecule has 1 aliphatic heterocycles. The third-order valence-corrected chi connectivity index (χ3v) is 9.77. The van der Waals surface area contributed by atoms with Gasteiger partial charge < -0.3 is 10.1 Å². The van der Waals surface area contributed by atoms with Crippen LogP contribution in [0.15, 0.2) is 82.6 Å². The molecule has 0 radical (unpaired) electrons. The molecule has 1 heterocycles. The molecule has 0 saturated carbocycles. The summed E-state index contributed by atoms with van der Waals surface area (Å²) in [5, 5.41) is 2.97. The van der Waals surface area contributed by atoms with Gasteiger partial charge in [0.05, 0.1) is 33.7 Å². The van der Waals surface area contributed by atoms with Gasteiger partial charge in [-0.2, -0.15) is 4.31 Å². The topological polar surface area (TPSA) is 113 Å². The lowest BCUT2D eigenvalue weighted by Gasteiger charge is -2.26. The number of morpholine rings is 1. The average Bonchev–Trinajstić information content (AvgIpc) is 2.89. The number of halogens is 2. The summed E-state index contributed by atoms with van der Waals surface area (Å²) in [5.41, 5.74) is 0.377. The molecule has 3 aromatic carbocycles. The lowest BCUT2D eigenvalue weighted by molar-refractivity contribution is -0.114. The minimum Gasteiger partial charge on any atom is -0.379 e. The molecule has 1 aliphatic rings. The number of anilines is 2. The molecule has 0 spiro atoms. The predicted octanol–water partition coefficient (Wildman–Crippen LogP) is 3.85. The predicted molar refractivity (Wildman–Crippen MR) is 142 cm³/mol. The maximum atomic E-state index is 13.4. The number of nitrogens with zero attached hydrogens (tertiary/aromatic N) is 2. The van der Waals surface area contributed by atoms with Crippen molar-refractivity contribution in [1.82, 2.24) is 4.31 Å². The van der Waals surface area contributed by atoms with Crippen LogP contribution >= 0.6 is 23.2 Å². The molecule has 4 rings (SSSR count). The molecule has 37 heavy (non-hydrogen) atoms. The van der Waals surface area contributed by atoms with E-state index in [1.807, 2.05) is 0 Å². The minimum atomic E-state index is -4.17. The van der Waals surface area contributed by atoms with Gasteiger partial charge in [0.2, 0.25) is 15.9 Å². The fraction of sp³-hybridized carbons (Fsp3) is 0.208. The van der Waals surface area contributed by atoms with E-state index in [1.54, 1.807) is 18.2 Å². The van der Waals surface area contributed by atoms with E-state index in [4.69, 9.17) is 27.9 Å². The smallest absolute Gasteiger partial charge is 0.264 e. The highest BCUT2D eigenvalue weighted by molar-refractivity contribution is 7.93. The van der Waals surface area contributed by atoms with E-state index < -0.39 is 32.5 Å². The molecule has 9 nitrogen and oxygen atoms in total. The lowest BCUT2D eigenvalue weighted by atomic mass is 10.3. The molecule has 0 bridgehead atoms. The van der Waals surface area contributed by atoms with E-state index in [0.717, 1.165) is 4.31 Å². The Morgan fingerprint density at radius 3 is 2.16 bits per heavy atom. The number of rotatable bonds is 8. The van der Waals surface area contributed by atoms with Crippen molar-refractivity contribution in [3.63, 3.8) is 0 Å². The zero-order chi connectivity index (χ0) is 26.6. The summed E-state index contributed by atoms with van der Waals surface area (Å²) in [5.74, 6) is -0.658. The van der Waals surface area contributed by atoms with Crippen LogP contribution in [0.2, 0.25) is 10.0 Å². The van der Waals surface area contributed by atoms with Crippen molar-refractivity contribution in [2.75, 3.05) is 42.5 Å². The van der Waals surface area contributed by atoms with Gasteiger partial charge in [0.1, 0.15) is 6.54 Å². The molecule has 1 fully saturated rings. The Kier molecular flexibility index (Phi) is 8.42. The monoisotopic (exact) mass is 583 g/mol. The standard InChI is InChI=1S/C24H23Cl2N3O6S2/c25-18-6-11-23(22(26)16-18)29(37(33,34)20-4-2-1-3-5-20)17-24(30)27-19-7-9-21(10-8-19)36(31,32)28-12-14-35-15-13-28/h1-11,16H,12-15,17H2,(H,27,30). The van der Waals surface area contributed by atoms with Crippen LogP contribution < -0.4 is 9.62 Å². The first-order chi connectivity index (χ1) is 17.6. The van der Waals surface area contributed by atoms with E-state index in [-0.39, 0.29) is 33.6 Å². The zero-order valence-corrected chi connectivity index (χ0v) is 22.5. The third-order valence-electron chi connectivity index (χ3n) is 5.54. The fourth-order valence-electron chi connectivity index (χ4n) is 3.68. The van der Waals surface area contributed by atoms with Gasteiger partial charge >= 0.3 is 0 Å². The zero-order valence-electron chi connectivity index (χ0n) is 19.4. The summed E-state index contributed by atoms with van der Waals surface area (Å²) in [6, 6.07) is 17.6.